The van der Waals surface area contributed by atoms with Gasteiger partial charge >= 0.3 is 0 Å². The zero-order valence-corrected chi connectivity index (χ0v) is 17.7. The van der Waals surface area contributed by atoms with Gasteiger partial charge in [0.2, 0.25) is 0 Å². The molecule has 0 radical (unpaired) electrons. The van der Waals surface area contributed by atoms with Crippen LogP contribution in [0.4, 0.5) is 0 Å². The van der Waals surface area contributed by atoms with Crippen molar-refractivity contribution in [3.05, 3.63) is 75.8 Å². The summed E-state index contributed by atoms with van der Waals surface area (Å²) in [6.07, 6.45) is 1.37. The first-order valence-electron chi connectivity index (χ1n) is 9.63. The number of benzene rings is 2. The number of aromatic nitrogens is 1. The van der Waals surface area contributed by atoms with Crippen LogP contribution >= 0.6 is 22.9 Å². The minimum Gasteiger partial charge on any atom is -0.337 e. The Labute approximate surface area is 179 Å². The lowest BCUT2D eigenvalue weighted by Crippen LogP contribution is -2.40. The summed E-state index contributed by atoms with van der Waals surface area (Å²) in [5.74, 6) is 0.0836. The second kappa shape index (κ2) is 8.47. The van der Waals surface area contributed by atoms with Gasteiger partial charge in [0.15, 0.2) is 5.78 Å². The number of carbonyl (C=O) groups excluding carboxylic acids is 2. The Balaban J connectivity index is 1.38. The molecule has 1 aliphatic heterocycles. The molecule has 148 valence electrons. The topological polar surface area (TPSA) is 50.3 Å². The van der Waals surface area contributed by atoms with E-state index >= 15 is 0 Å². The highest BCUT2D eigenvalue weighted by atomic mass is 35.5. The van der Waals surface area contributed by atoms with E-state index in [1.54, 1.807) is 10.3 Å². The Hall–Kier alpha value is -2.50. The molecule has 6 heteroatoms. The summed E-state index contributed by atoms with van der Waals surface area (Å²) in [4.78, 5) is 31.9. The molecule has 0 bridgehead atoms. The van der Waals surface area contributed by atoms with Crippen LogP contribution in [-0.4, -0.2) is 34.7 Å². The Morgan fingerprint density at radius 3 is 2.34 bits per heavy atom. The maximum Gasteiger partial charge on any atom is 0.273 e. The Bertz CT molecular complexity index is 1020. The third-order valence-electron chi connectivity index (χ3n) is 5.30. The third-order valence-corrected chi connectivity index (χ3v) is 6.45. The number of hydrogen-bond donors (Lipinski definition) is 0. The Morgan fingerprint density at radius 2 is 1.69 bits per heavy atom. The molecule has 1 saturated heterocycles. The van der Waals surface area contributed by atoms with Crippen LogP contribution < -0.4 is 0 Å². The van der Waals surface area contributed by atoms with Gasteiger partial charge in [-0.05, 0) is 31.9 Å². The second-order valence-corrected chi connectivity index (χ2v) is 8.64. The molecule has 1 fully saturated rings. The molecule has 0 N–H and O–H groups in total. The first-order valence-corrected chi connectivity index (χ1v) is 10.9. The highest BCUT2D eigenvalue weighted by Gasteiger charge is 2.29. The van der Waals surface area contributed by atoms with E-state index in [9.17, 15) is 9.59 Å². The van der Waals surface area contributed by atoms with Gasteiger partial charge in [0.25, 0.3) is 5.91 Å². The minimum absolute atomic E-state index is 0.0261. The maximum atomic E-state index is 12.8. The van der Waals surface area contributed by atoms with Crippen LogP contribution in [0, 0.1) is 12.8 Å². The molecule has 2 aromatic carbocycles. The number of nitrogens with zero attached hydrogens (tertiary/aromatic N) is 2. The Morgan fingerprint density at radius 1 is 1.03 bits per heavy atom. The summed E-state index contributed by atoms with van der Waals surface area (Å²) >= 11 is 7.38. The lowest BCUT2D eigenvalue weighted by atomic mass is 9.88. The molecular weight excluding hydrogens is 404 g/mol. The van der Waals surface area contributed by atoms with Gasteiger partial charge in [-0.1, -0.05) is 53.6 Å². The number of aryl methyl sites for hydroxylation is 1. The molecule has 1 aliphatic rings. The summed E-state index contributed by atoms with van der Waals surface area (Å²) in [6.45, 7) is 3.17. The number of halogens is 1. The molecule has 2 heterocycles. The predicted octanol–water partition coefficient (Wildman–Crippen LogP) is 5.51. The minimum atomic E-state index is -0.0669. The average molecular weight is 425 g/mol. The number of carbonyl (C=O) groups is 2. The molecule has 0 atom stereocenters. The Kier molecular flexibility index (Phi) is 5.79. The van der Waals surface area contributed by atoms with Crippen LogP contribution in [0.15, 0.2) is 53.9 Å². The van der Waals surface area contributed by atoms with Gasteiger partial charge in [-0.3, -0.25) is 9.59 Å². The van der Waals surface area contributed by atoms with Gasteiger partial charge in [-0.15, -0.1) is 11.3 Å². The molecule has 29 heavy (non-hydrogen) atoms. The molecule has 4 nitrogen and oxygen atoms in total. The zero-order valence-electron chi connectivity index (χ0n) is 16.1. The fourth-order valence-corrected chi connectivity index (χ4v) is 4.48. The number of piperidine rings is 1. The van der Waals surface area contributed by atoms with Crippen LogP contribution in [0.25, 0.3) is 10.6 Å². The van der Waals surface area contributed by atoms with Crippen molar-refractivity contribution in [3.63, 3.8) is 0 Å². The highest BCUT2D eigenvalue weighted by molar-refractivity contribution is 7.13. The second-order valence-electron chi connectivity index (χ2n) is 7.34. The van der Waals surface area contributed by atoms with Crippen LogP contribution in [0.2, 0.25) is 5.02 Å². The van der Waals surface area contributed by atoms with Crippen LogP contribution in [0.1, 0.15) is 39.3 Å². The van der Waals surface area contributed by atoms with E-state index in [1.807, 2.05) is 55.5 Å². The van der Waals surface area contributed by atoms with E-state index in [4.69, 9.17) is 11.6 Å². The van der Waals surface area contributed by atoms with Crippen LogP contribution in [-0.2, 0) is 0 Å². The maximum absolute atomic E-state index is 12.8. The molecule has 4 rings (SSSR count). The van der Waals surface area contributed by atoms with E-state index in [0.717, 1.165) is 21.7 Å². The first kappa shape index (κ1) is 19.8. The third kappa shape index (κ3) is 4.41. The van der Waals surface area contributed by atoms with Crippen molar-refractivity contribution >= 4 is 34.6 Å². The fourth-order valence-electron chi connectivity index (χ4n) is 3.56. The summed E-state index contributed by atoms with van der Waals surface area (Å²) in [6, 6.07) is 15.1. The van der Waals surface area contributed by atoms with Gasteiger partial charge in [-0.2, -0.15) is 0 Å². The number of ketones is 1. The molecule has 1 amide bonds. The van der Waals surface area contributed by atoms with Gasteiger partial charge in [0.05, 0.1) is 0 Å². The number of amides is 1. The van der Waals surface area contributed by atoms with Crippen molar-refractivity contribution in [2.24, 2.45) is 5.92 Å². The lowest BCUT2D eigenvalue weighted by molar-refractivity contribution is 0.0646. The number of likely N-dealkylation sites (tertiary alicyclic amines) is 1. The van der Waals surface area contributed by atoms with Crippen molar-refractivity contribution < 1.29 is 9.59 Å². The number of Topliss-reactive ketones (excluding diaryl/α,β-unsaturated/α-hetero) is 1. The van der Waals surface area contributed by atoms with E-state index in [-0.39, 0.29) is 17.6 Å². The standard InChI is InChI=1S/C23H21ClN2O2S/c1-15-2-4-16(5-3-15)21(27)17-10-12-26(13-11-17)23(28)20-14-29-22(25-20)18-6-8-19(24)9-7-18/h2-9,14,17H,10-13H2,1H3. The lowest BCUT2D eigenvalue weighted by Gasteiger charge is -2.31. The molecule has 0 unspecified atom stereocenters. The van der Waals surface area contributed by atoms with Gasteiger partial charge in [0.1, 0.15) is 10.7 Å². The van der Waals surface area contributed by atoms with Crippen molar-refractivity contribution in [3.8, 4) is 10.6 Å². The summed E-state index contributed by atoms with van der Waals surface area (Å²) in [5, 5.41) is 3.27. The normalized spacial score (nSPS) is 14.8. The molecule has 0 saturated carbocycles. The molecule has 0 spiro atoms. The van der Waals surface area contributed by atoms with E-state index in [0.29, 0.717) is 36.6 Å². The van der Waals surface area contributed by atoms with E-state index < -0.39 is 0 Å². The summed E-state index contributed by atoms with van der Waals surface area (Å²) in [5.41, 5.74) is 3.31. The molecule has 0 aliphatic carbocycles. The largest absolute Gasteiger partial charge is 0.337 e. The van der Waals surface area contributed by atoms with Crippen molar-refractivity contribution in [2.45, 2.75) is 19.8 Å². The number of rotatable bonds is 4. The SMILES string of the molecule is Cc1ccc(C(=O)C2CCN(C(=O)c3csc(-c4ccc(Cl)cc4)n3)CC2)cc1. The van der Waals surface area contributed by atoms with Crippen molar-refractivity contribution in [2.75, 3.05) is 13.1 Å². The van der Waals surface area contributed by atoms with Crippen molar-refractivity contribution in [1.82, 2.24) is 9.88 Å². The van der Waals surface area contributed by atoms with E-state index in [2.05, 4.69) is 4.98 Å². The predicted molar refractivity (Wildman–Crippen MR) is 117 cm³/mol. The van der Waals surface area contributed by atoms with Crippen LogP contribution in [0.3, 0.4) is 0 Å². The quantitative estimate of drug-likeness (QED) is 0.519. The van der Waals surface area contributed by atoms with Crippen LogP contribution in [0.5, 0.6) is 0 Å². The average Bonchev–Trinajstić information content (AvgIpc) is 3.24. The monoisotopic (exact) mass is 424 g/mol. The van der Waals surface area contributed by atoms with Gasteiger partial charge in [-0.25, -0.2) is 4.98 Å². The summed E-state index contributed by atoms with van der Waals surface area (Å²) < 4.78 is 0. The first-order chi connectivity index (χ1) is 14.0. The number of hydrogen-bond acceptors (Lipinski definition) is 4. The fraction of sp³-hybridized carbons (Fsp3) is 0.261. The number of thiazole rings is 1. The summed E-state index contributed by atoms with van der Waals surface area (Å²) in [7, 11) is 0. The zero-order chi connectivity index (χ0) is 20.4. The molecular formula is C23H21ClN2O2S. The van der Waals surface area contributed by atoms with Gasteiger partial charge < -0.3 is 4.90 Å². The highest BCUT2D eigenvalue weighted by Crippen LogP contribution is 2.27. The smallest absolute Gasteiger partial charge is 0.273 e. The molecule has 1 aromatic heterocycles. The van der Waals surface area contributed by atoms with Gasteiger partial charge in [0, 0.05) is 40.5 Å². The van der Waals surface area contributed by atoms with E-state index in [1.165, 1.54) is 11.3 Å². The molecule has 3 aromatic rings. The van der Waals surface area contributed by atoms with Crippen molar-refractivity contribution in [1.29, 1.82) is 0 Å².